The molecule has 1 N–H and O–H groups in total. The highest BCUT2D eigenvalue weighted by atomic mass is 35.5. The molecule has 0 radical (unpaired) electrons. The van der Waals surface area contributed by atoms with Crippen molar-refractivity contribution in [1.29, 1.82) is 0 Å². The van der Waals surface area contributed by atoms with E-state index in [9.17, 15) is 14.0 Å². The van der Waals surface area contributed by atoms with Crippen LogP contribution in [0.25, 0.3) is 0 Å². The SMILES string of the molecule is CC(C)Oc1ccc(F)cc1N1CCN(CCCN2C(=O)CC(CNC3CC3)C2=O)CC1.Cl. The second kappa shape index (κ2) is 11.5. The maximum atomic E-state index is 13.9. The van der Waals surface area contributed by atoms with E-state index >= 15 is 0 Å². The Morgan fingerprint density at radius 1 is 1.12 bits per heavy atom. The van der Waals surface area contributed by atoms with Crippen LogP contribution in [0.3, 0.4) is 0 Å². The summed E-state index contributed by atoms with van der Waals surface area (Å²) in [6, 6.07) is 5.23. The zero-order valence-electron chi connectivity index (χ0n) is 19.6. The predicted octanol–water partition coefficient (Wildman–Crippen LogP) is 2.67. The van der Waals surface area contributed by atoms with Gasteiger partial charge in [-0.25, -0.2) is 4.39 Å². The lowest BCUT2D eigenvalue weighted by Gasteiger charge is -2.37. The second-order valence-corrected chi connectivity index (χ2v) is 9.43. The van der Waals surface area contributed by atoms with Gasteiger partial charge in [0, 0.05) is 57.8 Å². The number of nitrogens with zero attached hydrogens (tertiary/aromatic N) is 3. The average Bonchev–Trinajstić information content (AvgIpc) is 3.55. The highest BCUT2D eigenvalue weighted by Gasteiger charge is 2.38. The molecule has 2 saturated heterocycles. The molecular formula is C24H36ClFN4O3. The molecule has 1 aromatic carbocycles. The van der Waals surface area contributed by atoms with Gasteiger partial charge in [0.2, 0.25) is 11.8 Å². The number of amides is 2. The summed E-state index contributed by atoms with van der Waals surface area (Å²) >= 11 is 0. The molecule has 2 amide bonds. The first-order chi connectivity index (χ1) is 15.4. The second-order valence-electron chi connectivity index (χ2n) is 9.43. The summed E-state index contributed by atoms with van der Waals surface area (Å²) in [6.07, 6.45) is 3.50. The molecule has 7 nitrogen and oxygen atoms in total. The van der Waals surface area contributed by atoms with E-state index < -0.39 is 0 Å². The maximum absolute atomic E-state index is 13.9. The number of benzene rings is 1. The van der Waals surface area contributed by atoms with Gasteiger partial charge in [0.25, 0.3) is 0 Å². The Morgan fingerprint density at radius 3 is 2.52 bits per heavy atom. The molecule has 33 heavy (non-hydrogen) atoms. The van der Waals surface area contributed by atoms with Gasteiger partial charge in [0.05, 0.1) is 17.7 Å². The molecule has 1 unspecified atom stereocenters. The highest BCUT2D eigenvalue weighted by Crippen LogP contribution is 2.31. The van der Waals surface area contributed by atoms with Crippen LogP contribution in [0.1, 0.15) is 39.5 Å². The molecule has 1 aromatic rings. The van der Waals surface area contributed by atoms with Crippen LogP contribution in [0.4, 0.5) is 10.1 Å². The normalized spacial score (nSPS) is 21.6. The number of nitrogens with one attached hydrogen (secondary N) is 1. The first-order valence-corrected chi connectivity index (χ1v) is 11.9. The van der Waals surface area contributed by atoms with Gasteiger partial charge in [0.15, 0.2) is 0 Å². The number of ether oxygens (including phenoxy) is 1. The topological polar surface area (TPSA) is 65.1 Å². The highest BCUT2D eigenvalue weighted by molar-refractivity contribution is 6.03. The first kappa shape index (κ1) is 25.7. The number of anilines is 1. The largest absolute Gasteiger partial charge is 0.489 e. The molecule has 0 bridgehead atoms. The van der Waals surface area contributed by atoms with Gasteiger partial charge in [-0.3, -0.25) is 19.4 Å². The number of imide groups is 1. The number of hydrogen-bond acceptors (Lipinski definition) is 6. The predicted molar refractivity (Wildman–Crippen MR) is 129 cm³/mol. The van der Waals surface area contributed by atoms with Crippen molar-refractivity contribution in [1.82, 2.24) is 15.1 Å². The van der Waals surface area contributed by atoms with Crippen LogP contribution in [0, 0.1) is 11.7 Å². The van der Waals surface area contributed by atoms with Crippen molar-refractivity contribution in [3.63, 3.8) is 0 Å². The zero-order chi connectivity index (χ0) is 22.7. The third kappa shape index (κ3) is 6.80. The van der Waals surface area contributed by atoms with E-state index in [1.807, 2.05) is 13.8 Å². The van der Waals surface area contributed by atoms with Crippen molar-refractivity contribution in [2.75, 3.05) is 50.7 Å². The van der Waals surface area contributed by atoms with Crippen molar-refractivity contribution < 1.29 is 18.7 Å². The lowest BCUT2D eigenvalue weighted by atomic mass is 10.1. The van der Waals surface area contributed by atoms with E-state index in [2.05, 4.69) is 15.1 Å². The minimum atomic E-state index is -0.260. The monoisotopic (exact) mass is 482 g/mol. The Balaban J connectivity index is 0.00000306. The Labute approximate surface area is 202 Å². The average molecular weight is 483 g/mol. The van der Waals surface area contributed by atoms with Crippen LogP contribution in [0.15, 0.2) is 18.2 Å². The third-order valence-electron chi connectivity index (χ3n) is 6.42. The van der Waals surface area contributed by atoms with E-state index in [1.54, 1.807) is 12.1 Å². The standard InChI is InChI=1S/C24H35FN4O3.ClH/c1-17(2)32-22-7-4-19(25)15-21(22)28-12-10-27(11-13-28)8-3-9-29-23(30)14-18(24(29)31)16-26-20-5-6-20;/h4,7,15,17-18,20,26H,3,5-6,8-14,16H2,1-2H3;1H. The van der Waals surface area contributed by atoms with Gasteiger partial charge in [-0.05, 0) is 51.8 Å². The summed E-state index contributed by atoms with van der Waals surface area (Å²) in [7, 11) is 0. The van der Waals surface area contributed by atoms with Gasteiger partial charge in [-0.15, -0.1) is 12.4 Å². The number of likely N-dealkylation sites (tertiary alicyclic amines) is 1. The van der Waals surface area contributed by atoms with Gasteiger partial charge in [-0.1, -0.05) is 0 Å². The Hall–Kier alpha value is -1.90. The summed E-state index contributed by atoms with van der Waals surface area (Å²) in [4.78, 5) is 30.8. The minimum Gasteiger partial charge on any atom is -0.489 e. The molecule has 2 heterocycles. The number of carbonyl (C=O) groups excluding carboxylic acids is 2. The minimum absolute atomic E-state index is 0. The van der Waals surface area contributed by atoms with Crippen LogP contribution in [0.5, 0.6) is 5.75 Å². The van der Waals surface area contributed by atoms with Crippen molar-refractivity contribution >= 4 is 29.9 Å². The lowest BCUT2D eigenvalue weighted by molar-refractivity contribution is -0.139. The first-order valence-electron chi connectivity index (χ1n) is 11.9. The molecule has 3 aliphatic rings. The number of hydrogen-bond donors (Lipinski definition) is 1. The molecule has 1 aliphatic carbocycles. The molecule has 184 valence electrons. The van der Waals surface area contributed by atoms with E-state index in [1.165, 1.54) is 23.8 Å². The molecule has 2 aliphatic heterocycles. The smallest absolute Gasteiger partial charge is 0.234 e. The summed E-state index contributed by atoms with van der Waals surface area (Å²) in [6.45, 7) is 9.17. The third-order valence-corrected chi connectivity index (χ3v) is 6.42. The molecule has 0 aromatic heterocycles. The number of rotatable bonds is 10. The van der Waals surface area contributed by atoms with E-state index in [-0.39, 0.29) is 42.1 Å². The Morgan fingerprint density at radius 2 is 1.85 bits per heavy atom. The van der Waals surface area contributed by atoms with Crippen LogP contribution >= 0.6 is 12.4 Å². The van der Waals surface area contributed by atoms with Gasteiger partial charge >= 0.3 is 0 Å². The fourth-order valence-corrected chi connectivity index (χ4v) is 4.50. The Bertz CT molecular complexity index is 828. The van der Waals surface area contributed by atoms with E-state index in [4.69, 9.17) is 4.74 Å². The molecule has 1 atom stereocenters. The number of carbonyl (C=O) groups is 2. The van der Waals surface area contributed by atoms with Crippen LogP contribution in [0.2, 0.25) is 0 Å². The summed E-state index contributed by atoms with van der Waals surface area (Å²) < 4.78 is 19.7. The number of halogens is 2. The fourth-order valence-electron chi connectivity index (χ4n) is 4.50. The fraction of sp³-hybridized carbons (Fsp3) is 0.667. The molecule has 4 rings (SSSR count). The van der Waals surface area contributed by atoms with E-state index in [0.717, 1.165) is 44.8 Å². The van der Waals surface area contributed by atoms with E-state index in [0.29, 0.717) is 31.3 Å². The van der Waals surface area contributed by atoms with Crippen molar-refractivity contribution in [2.45, 2.75) is 51.7 Å². The van der Waals surface area contributed by atoms with Crippen LogP contribution in [-0.2, 0) is 9.59 Å². The van der Waals surface area contributed by atoms with Gasteiger partial charge in [-0.2, -0.15) is 0 Å². The Kier molecular flexibility index (Phi) is 8.95. The van der Waals surface area contributed by atoms with Crippen molar-refractivity contribution in [3.8, 4) is 5.75 Å². The quantitative estimate of drug-likeness (QED) is 0.517. The van der Waals surface area contributed by atoms with Gasteiger partial charge in [0.1, 0.15) is 11.6 Å². The van der Waals surface area contributed by atoms with Crippen LogP contribution < -0.4 is 15.0 Å². The molecule has 3 fully saturated rings. The van der Waals surface area contributed by atoms with Crippen molar-refractivity contribution in [2.24, 2.45) is 5.92 Å². The zero-order valence-corrected chi connectivity index (χ0v) is 20.4. The molecule has 9 heteroatoms. The summed E-state index contributed by atoms with van der Waals surface area (Å²) in [5, 5.41) is 3.37. The van der Waals surface area contributed by atoms with Gasteiger partial charge < -0.3 is 15.0 Å². The molecular weight excluding hydrogens is 447 g/mol. The maximum Gasteiger partial charge on any atom is 0.234 e. The molecule has 1 saturated carbocycles. The van der Waals surface area contributed by atoms with Crippen molar-refractivity contribution in [3.05, 3.63) is 24.0 Å². The van der Waals surface area contributed by atoms with Crippen LogP contribution in [-0.4, -0.2) is 79.6 Å². The molecule has 0 spiro atoms. The summed E-state index contributed by atoms with van der Waals surface area (Å²) in [5.74, 6) is 0.207. The summed E-state index contributed by atoms with van der Waals surface area (Å²) in [5.41, 5.74) is 0.803. The number of piperazine rings is 1. The lowest BCUT2D eigenvalue weighted by Crippen LogP contribution is -2.47.